The van der Waals surface area contributed by atoms with Crippen LogP contribution in [0.3, 0.4) is 0 Å². The van der Waals surface area contributed by atoms with E-state index in [0.717, 1.165) is 35.4 Å². The van der Waals surface area contributed by atoms with E-state index in [4.69, 9.17) is 15.6 Å². The largest absolute Gasteiger partial charge is 0.494 e. The second kappa shape index (κ2) is 9.41. The molecule has 3 aromatic rings. The number of methoxy groups -OCH3 is 1. The minimum absolute atomic E-state index is 0.00919. The van der Waals surface area contributed by atoms with Gasteiger partial charge in [0.05, 0.1) is 29.6 Å². The molecule has 37 heavy (non-hydrogen) atoms. The van der Waals surface area contributed by atoms with Crippen molar-refractivity contribution in [3.63, 3.8) is 0 Å². The van der Waals surface area contributed by atoms with E-state index in [1.165, 1.54) is 31.1 Å². The second-order valence-corrected chi connectivity index (χ2v) is 12.7. The number of hydrogen-bond acceptors (Lipinski definition) is 7. The smallest absolute Gasteiger partial charge is 0.271 e. The standard InChI is InChI=1S/C26H30N7O3P/c1-33-22(37(15-8-9-15)16-10-11-16)13-19(32-33)17-4-3-5-18(24(17)36-2)28-20-12-21(29-26(35)14-6-7-14)30-31-23(20)25(27)34/h3-5,12-16H,6-11H2,1-2H3,(H2,27,34)(H2,28,29,30,35). The highest BCUT2D eigenvalue weighted by atomic mass is 31.1. The first-order valence-corrected chi connectivity index (χ1v) is 14.2. The number of aryl methyl sites for hydroxylation is 1. The van der Waals surface area contributed by atoms with E-state index in [1.54, 1.807) is 13.2 Å². The maximum Gasteiger partial charge on any atom is 0.271 e. The highest BCUT2D eigenvalue weighted by molar-refractivity contribution is 7.67. The lowest BCUT2D eigenvalue weighted by Crippen LogP contribution is -2.19. The fraction of sp³-hybridized carbons (Fsp3) is 0.423. The molecule has 3 saturated carbocycles. The Morgan fingerprint density at radius 3 is 2.41 bits per heavy atom. The SMILES string of the molecule is COc1c(Nc2cc(NC(=O)C3CC3)nnc2C(N)=O)cccc1-c1cc(P(C2CC2)C2CC2)n(C)n1. The van der Waals surface area contributed by atoms with Gasteiger partial charge in [-0.1, -0.05) is 6.07 Å². The average molecular weight is 520 g/mol. The minimum Gasteiger partial charge on any atom is -0.494 e. The molecule has 0 saturated heterocycles. The molecule has 6 rings (SSSR count). The van der Waals surface area contributed by atoms with E-state index in [1.807, 2.05) is 29.9 Å². The van der Waals surface area contributed by atoms with Gasteiger partial charge in [0.1, 0.15) is 0 Å². The van der Waals surface area contributed by atoms with Gasteiger partial charge in [0.15, 0.2) is 17.3 Å². The molecule has 3 aliphatic rings. The summed E-state index contributed by atoms with van der Waals surface area (Å²) < 4.78 is 7.88. The lowest BCUT2D eigenvalue weighted by molar-refractivity contribution is -0.117. The number of nitrogens with one attached hydrogen (secondary N) is 2. The van der Waals surface area contributed by atoms with Gasteiger partial charge < -0.3 is 21.1 Å². The van der Waals surface area contributed by atoms with E-state index in [9.17, 15) is 9.59 Å². The fourth-order valence-electron chi connectivity index (χ4n) is 4.71. The van der Waals surface area contributed by atoms with Crippen molar-refractivity contribution in [2.45, 2.75) is 49.8 Å². The van der Waals surface area contributed by atoms with Crippen LogP contribution in [0, 0.1) is 5.92 Å². The number of aromatic nitrogens is 4. The predicted octanol–water partition coefficient (Wildman–Crippen LogP) is 3.51. The Morgan fingerprint density at radius 2 is 1.78 bits per heavy atom. The summed E-state index contributed by atoms with van der Waals surface area (Å²) in [6, 6.07) is 9.53. The van der Waals surface area contributed by atoms with Gasteiger partial charge in [-0.05, 0) is 76.0 Å². The van der Waals surface area contributed by atoms with Crippen LogP contribution < -0.4 is 26.5 Å². The summed E-state index contributed by atoms with van der Waals surface area (Å²) in [7, 11) is 3.46. The lowest BCUT2D eigenvalue weighted by Gasteiger charge is -2.16. The van der Waals surface area contributed by atoms with Crippen molar-refractivity contribution in [1.82, 2.24) is 20.0 Å². The van der Waals surface area contributed by atoms with Crippen molar-refractivity contribution in [1.29, 1.82) is 0 Å². The summed E-state index contributed by atoms with van der Waals surface area (Å²) in [6.45, 7) is 0. The molecule has 0 radical (unpaired) electrons. The molecule has 0 bridgehead atoms. The summed E-state index contributed by atoms with van der Waals surface area (Å²) in [5, 5.41) is 18.8. The van der Waals surface area contributed by atoms with E-state index in [2.05, 4.69) is 26.9 Å². The third kappa shape index (κ3) is 4.90. The Hall–Kier alpha value is -3.52. The summed E-state index contributed by atoms with van der Waals surface area (Å²) in [6.07, 6.45) is 7.05. The van der Waals surface area contributed by atoms with Crippen molar-refractivity contribution < 1.29 is 14.3 Å². The highest BCUT2D eigenvalue weighted by Crippen LogP contribution is 2.63. The van der Waals surface area contributed by atoms with Crippen LogP contribution in [0.1, 0.15) is 49.0 Å². The number of amides is 2. The predicted molar refractivity (Wildman–Crippen MR) is 143 cm³/mol. The molecule has 3 fully saturated rings. The van der Waals surface area contributed by atoms with Gasteiger partial charge in [-0.15, -0.1) is 10.2 Å². The molecule has 11 heteroatoms. The molecule has 2 aromatic heterocycles. The number of nitrogens with two attached hydrogens (primary N) is 1. The van der Waals surface area contributed by atoms with E-state index < -0.39 is 5.91 Å². The molecule has 1 aromatic carbocycles. The van der Waals surface area contributed by atoms with Crippen LogP contribution in [0.5, 0.6) is 5.75 Å². The quantitative estimate of drug-likeness (QED) is 0.349. The van der Waals surface area contributed by atoms with Gasteiger partial charge in [-0.3, -0.25) is 14.3 Å². The van der Waals surface area contributed by atoms with E-state index in [0.29, 0.717) is 17.1 Å². The number of primary amides is 1. The normalized spacial score (nSPS) is 17.1. The molecular weight excluding hydrogens is 489 g/mol. The van der Waals surface area contributed by atoms with Crippen molar-refractivity contribution in [3.8, 4) is 17.0 Å². The van der Waals surface area contributed by atoms with Gasteiger partial charge in [0, 0.05) is 24.6 Å². The van der Waals surface area contributed by atoms with Gasteiger partial charge in [-0.25, -0.2) is 0 Å². The van der Waals surface area contributed by atoms with Crippen molar-refractivity contribution >= 4 is 42.4 Å². The van der Waals surface area contributed by atoms with Gasteiger partial charge in [-0.2, -0.15) is 5.10 Å². The van der Waals surface area contributed by atoms with Crippen LogP contribution in [0.4, 0.5) is 17.2 Å². The molecule has 192 valence electrons. The second-order valence-electron chi connectivity index (χ2n) is 10.0. The third-order valence-electron chi connectivity index (χ3n) is 6.99. The number of anilines is 3. The lowest BCUT2D eigenvalue weighted by atomic mass is 10.1. The number of nitrogens with zero attached hydrogens (tertiary/aromatic N) is 4. The van der Waals surface area contributed by atoms with Crippen molar-refractivity contribution in [3.05, 3.63) is 36.0 Å². The number of hydrogen-bond donors (Lipinski definition) is 3. The molecule has 10 nitrogen and oxygen atoms in total. The summed E-state index contributed by atoms with van der Waals surface area (Å²) in [4.78, 5) is 24.3. The molecule has 0 unspecified atom stereocenters. The molecule has 2 heterocycles. The number of para-hydroxylation sites is 1. The molecular formula is C26H30N7O3P. The Balaban J connectivity index is 1.33. The topological polar surface area (TPSA) is 137 Å². The van der Waals surface area contributed by atoms with Crippen LogP contribution in [0.25, 0.3) is 11.3 Å². The maximum atomic E-state index is 12.2. The highest BCUT2D eigenvalue weighted by Gasteiger charge is 2.43. The Bertz CT molecular complexity index is 1370. The molecule has 4 N–H and O–H groups in total. The zero-order valence-electron chi connectivity index (χ0n) is 20.9. The summed E-state index contributed by atoms with van der Waals surface area (Å²) in [5.74, 6) is 0.0190. The molecule has 0 atom stereocenters. The zero-order valence-corrected chi connectivity index (χ0v) is 21.8. The first-order valence-electron chi connectivity index (χ1n) is 12.7. The Kier molecular flexibility index (Phi) is 6.07. The zero-order chi connectivity index (χ0) is 25.7. The number of ether oxygens (including phenoxy) is 1. The van der Waals surface area contributed by atoms with Crippen LogP contribution in [-0.2, 0) is 11.8 Å². The van der Waals surface area contributed by atoms with Crippen LogP contribution in [0.15, 0.2) is 30.3 Å². The number of rotatable bonds is 10. The third-order valence-corrected chi connectivity index (χ3v) is 10.5. The van der Waals surface area contributed by atoms with Crippen molar-refractivity contribution in [2.24, 2.45) is 18.7 Å². The number of benzene rings is 1. The van der Waals surface area contributed by atoms with Gasteiger partial charge >= 0.3 is 0 Å². The first kappa shape index (κ1) is 23.9. The van der Waals surface area contributed by atoms with Gasteiger partial charge in [0.25, 0.3) is 5.91 Å². The Labute approximate surface area is 216 Å². The number of carbonyl (C=O) groups excluding carboxylic acids is 2. The van der Waals surface area contributed by atoms with E-state index >= 15 is 0 Å². The first-order chi connectivity index (χ1) is 17.9. The fourth-order valence-corrected chi connectivity index (χ4v) is 8.12. The van der Waals surface area contributed by atoms with Crippen molar-refractivity contribution in [2.75, 3.05) is 17.7 Å². The summed E-state index contributed by atoms with van der Waals surface area (Å²) >= 11 is 0. The van der Waals surface area contributed by atoms with Gasteiger partial charge in [0.2, 0.25) is 5.91 Å². The molecule has 0 spiro atoms. The van der Waals surface area contributed by atoms with Crippen LogP contribution in [-0.4, -0.2) is 50.2 Å². The van der Waals surface area contributed by atoms with Crippen LogP contribution >= 0.6 is 7.92 Å². The summed E-state index contributed by atoms with van der Waals surface area (Å²) in [5.41, 5.74) is 11.2. The molecule has 0 aliphatic heterocycles. The molecule has 2 amide bonds. The maximum absolute atomic E-state index is 12.2. The monoisotopic (exact) mass is 519 g/mol. The minimum atomic E-state index is -0.729. The molecule has 3 aliphatic carbocycles. The van der Waals surface area contributed by atoms with Crippen LogP contribution in [0.2, 0.25) is 0 Å². The Morgan fingerprint density at radius 1 is 1.05 bits per heavy atom. The average Bonchev–Trinajstić information content (AvgIpc) is 3.73. The van der Waals surface area contributed by atoms with E-state index in [-0.39, 0.29) is 31.3 Å². The number of carbonyl (C=O) groups is 2.